The van der Waals surface area contributed by atoms with Crippen molar-refractivity contribution in [3.05, 3.63) is 0 Å². The first-order valence-corrected chi connectivity index (χ1v) is 7.27. The Kier molecular flexibility index (Phi) is 4.91. The molecule has 0 bridgehead atoms. The molecule has 0 aromatic carbocycles. The van der Waals surface area contributed by atoms with Crippen molar-refractivity contribution in [3.8, 4) is 0 Å². The van der Waals surface area contributed by atoms with Crippen LogP contribution in [0, 0.1) is 0 Å². The molecule has 7 heteroatoms. The Hall–Kier alpha value is -0.660. The van der Waals surface area contributed by atoms with Crippen molar-refractivity contribution in [2.75, 3.05) is 18.9 Å². The maximum atomic E-state index is 12.0. The Morgan fingerprint density at radius 1 is 1.53 bits per heavy atom. The normalized spacial score (nSPS) is 21.3. The van der Waals surface area contributed by atoms with E-state index in [1.165, 1.54) is 0 Å². The van der Waals surface area contributed by atoms with Gasteiger partial charge in [-0.15, -0.1) is 0 Å². The number of nitrogens with zero attached hydrogens (tertiary/aromatic N) is 1. The van der Waals surface area contributed by atoms with Gasteiger partial charge in [0.1, 0.15) is 6.54 Å². The van der Waals surface area contributed by atoms with Crippen LogP contribution < -0.4 is 0 Å². The fourth-order valence-electron chi connectivity index (χ4n) is 1.84. The summed E-state index contributed by atoms with van der Waals surface area (Å²) in [5.41, 5.74) is 0. The van der Waals surface area contributed by atoms with E-state index in [9.17, 15) is 13.2 Å². The highest BCUT2D eigenvalue weighted by molar-refractivity contribution is 7.89. The van der Waals surface area contributed by atoms with Crippen molar-refractivity contribution in [2.45, 2.75) is 38.8 Å². The third kappa shape index (κ3) is 4.25. The first-order chi connectivity index (χ1) is 7.83. The molecule has 100 valence electrons. The number of aliphatic carboxylic acids is 1. The molecule has 0 spiro atoms. The van der Waals surface area contributed by atoms with Gasteiger partial charge in [-0.3, -0.25) is 4.79 Å². The zero-order chi connectivity index (χ0) is 13.1. The van der Waals surface area contributed by atoms with Gasteiger partial charge in [-0.05, 0) is 26.7 Å². The summed E-state index contributed by atoms with van der Waals surface area (Å²) in [6.45, 7) is 3.42. The van der Waals surface area contributed by atoms with Crippen LogP contribution in [0.5, 0.6) is 0 Å². The molecule has 1 saturated heterocycles. The van der Waals surface area contributed by atoms with Gasteiger partial charge in [-0.25, -0.2) is 8.42 Å². The van der Waals surface area contributed by atoms with Gasteiger partial charge in [-0.1, -0.05) is 0 Å². The summed E-state index contributed by atoms with van der Waals surface area (Å²) in [7, 11) is -3.57. The smallest absolute Gasteiger partial charge is 0.318 e. The number of carbonyl (C=O) groups is 1. The minimum atomic E-state index is -3.57. The van der Waals surface area contributed by atoms with Gasteiger partial charge in [0.05, 0.1) is 11.9 Å². The third-order valence-corrected chi connectivity index (χ3v) is 4.70. The highest BCUT2D eigenvalue weighted by atomic mass is 32.2. The lowest BCUT2D eigenvalue weighted by Crippen LogP contribution is -2.43. The maximum Gasteiger partial charge on any atom is 0.318 e. The molecule has 0 aromatic heterocycles. The number of carboxylic acid groups (broad SMARTS) is 1. The van der Waals surface area contributed by atoms with Crippen LogP contribution in [-0.2, 0) is 19.6 Å². The number of carboxylic acids is 1. The van der Waals surface area contributed by atoms with Crippen LogP contribution in [-0.4, -0.2) is 54.8 Å². The fourth-order valence-corrected chi connectivity index (χ4v) is 3.72. The molecule has 1 atom stereocenters. The standard InChI is InChI=1S/C10H19NO5S/c1-8(2)11(6-10(12)13)17(14,15)7-9-4-3-5-16-9/h8-9H,3-7H2,1-2H3,(H,12,13). The molecule has 17 heavy (non-hydrogen) atoms. The molecule has 1 N–H and O–H groups in total. The van der Waals surface area contributed by atoms with Crippen LogP contribution in [0.3, 0.4) is 0 Å². The lowest BCUT2D eigenvalue weighted by atomic mass is 10.3. The van der Waals surface area contributed by atoms with Gasteiger partial charge in [0.25, 0.3) is 0 Å². The largest absolute Gasteiger partial charge is 0.480 e. The molecule has 0 radical (unpaired) electrons. The van der Waals surface area contributed by atoms with E-state index in [2.05, 4.69) is 0 Å². The Morgan fingerprint density at radius 3 is 2.59 bits per heavy atom. The van der Waals surface area contributed by atoms with Crippen LogP contribution >= 0.6 is 0 Å². The van der Waals surface area contributed by atoms with Crippen LogP contribution in [0.4, 0.5) is 0 Å². The Labute approximate surface area is 102 Å². The van der Waals surface area contributed by atoms with Gasteiger partial charge in [0, 0.05) is 12.6 Å². The molecule has 1 aliphatic heterocycles. The molecule has 1 unspecified atom stereocenters. The summed E-state index contributed by atoms with van der Waals surface area (Å²) in [5, 5.41) is 8.72. The van der Waals surface area contributed by atoms with Crippen molar-refractivity contribution in [3.63, 3.8) is 0 Å². The summed E-state index contributed by atoms with van der Waals surface area (Å²) in [6, 6.07) is -0.363. The van der Waals surface area contributed by atoms with E-state index in [-0.39, 0.29) is 17.9 Å². The summed E-state index contributed by atoms with van der Waals surface area (Å²) in [6.07, 6.45) is 1.29. The van der Waals surface area contributed by atoms with Gasteiger partial charge in [0.15, 0.2) is 0 Å². The number of sulfonamides is 1. The first-order valence-electron chi connectivity index (χ1n) is 5.66. The molecule has 1 heterocycles. The van der Waals surface area contributed by atoms with E-state index < -0.39 is 22.5 Å². The Bertz CT molecular complexity index is 359. The second-order valence-corrected chi connectivity index (χ2v) is 6.41. The minimum absolute atomic E-state index is 0.127. The molecule has 6 nitrogen and oxygen atoms in total. The third-order valence-electron chi connectivity index (χ3n) is 2.64. The predicted molar refractivity (Wildman–Crippen MR) is 62.2 cm³/mol. The molecule has 1 fully saturated rings. The Balaban J connectivity index is 2.72. The molecule has 1 aliphatic rings. The minimum Gasteiger partial charge on any atom is -0.480 e. The van der Waals surface area contributed by atoms with E-state index in [1.807, 2.05) is 0 Å². The quantitative estimate of drug-likeness (QED) is 0.746. The van der Waals surface area contributed by atoms with Crippen LogP contribution in [0.2, 0.25) is 0 Å². The highest BCUT2D eigenvalue weighted by Gasteiger charge is 2.31. The summed E-state index contributed by atoms with van der Waals surface area (Å²) >= 11 is 0. The lowest BCUT2D eigenvalue weighted by molar-refractivity contribution is -0.137. The van der Waals surface area contributed by atoms with Crippen molar-refractivity contribution in [2.24, 2.45) is 0 Å². The summed E-state index contributed by atoms with van der Waals surface area (Å²) in [5.74, 6) is -1.27. The van der Waals surface area contributed by atoms with Gasteiger partial charge in [-0.2, -0.15) is 4.31 Å². The van der Waals surface area contributed by atoms with Gasteiger partial charge >= 0.3 is 5.97 Å². The number of hydrogen-bond donors (Lipinski definition) is 1. The highest BCUT2D eigenvalue weighted by Crippen LogP contribution is 2.17. The second kappa shape index (κ2) is 5.79. The van der Waals surface area contributed by atoms with Crippen molar-refractivity contribution in [1.29, 1.82) is 0 Å². The first kappa shape index (κ1) is 14.4. The Morgan fingerprint density at radius 2 is 2.18 bits per heavy atom. The zero-order valence-electron chi connectivity index (χ0n) is 10.1. The van der Waals surface area contributed by atoms with E-state index in [0.717, 1.165) is 17.1 Å². The predicted octanol–water partition coefficient (Wildman–Crippen LogP) is 0.290. The molecule has 0 amide bonds. The molecule has 0 aromatic rings. The molecule has 0 aliphatic carbocycles. The summed E-state index contributed by atoms with van der Waals surface area (Å²) in [4.78, 5) is 10.7. The zero-order valence-corrected chi connectivity index (χ0v) is 10.9. The van der Waals surface area contributed by atoms with Crippen LogP contribution in [0.15, 0.2) is 0 Å². The number of ether oxygens (including phenoxy) is 1. The van der Waals surface area contributed by atoms with Crippen molar-refractivity contribution in [1.82, 2.24) is 4.31 Å². The average Bonchev–Trinajstić information content (AvgIpc) is 2.65. The number of rotatable bonds is 6. The van der Waals surface area contributed by atoms with Crippen LogP contribution in [0.1, 0.15) is 26.7 Å². The maximum absolute atomic E-state index is 12.0. The second-order valence-electron chi connectivity index (χ2n) is 4.45. The van der Waals surface area contributed by atoms with E-state index in [4.69, 9.17) is 9.84 Å². The average molecular weight is 265 g/mol. The van der Waals surface area contributed by atoms with Crippen molar-refractivity contribution < 1.29 is 23.1 Å². The van der Waals surface area contributed by atoms with Crippen molar-refractivity contribution >= 4 is 16.0 Å². The van der Waals surface area contributed by atoms with Crippen LogP contribution in [0.25, 0.3) is 0 Å². The topological polar surface area (TPSA) is 83.9 Å². The number of hydrogen-bond acceptors (Lipinski definition) is 4. The lowest BCUT2D eigenvalue weighted by Gasteiger charge is -2.25. The van der Waals surface area contributed by atoms with Gasteiger partial charge < -0.3 is 9.84 Å². The van der Waals surface area contributed by atoms with E-state index >= 15 is 0 Å². The SMILES string of the molecule is CC(C)N(CC(=O)O)S(=O)(=O)CC1CCCO1. The van der Waals surface area contributed by atoms with E-state index in [0.29, 0.717) is 6.61 Å². The van der Waals surface area contributed by atoms with Gasteiger partial charge in [0.2, 0.25) is 10.0 Å². The van der Waals surface area contributed by atoms with E-state index in [1.54, 1.807) is 13.8 Å². The molecular weight excluding hydrogens is 246 g/mol. The molecule has 0 saturated carbocycles. The molecule has 1 rings (SSSR count). The summed E-state index contributed by atoms with van der Waals surface area (Å²) < 4.78 is 30.4. The fraction of sp³-hybridized carbons (Fsp3) is 0.900. The monoisotopic (exact) mass is 265 g/mol. The molecular formula is C10H19NO5S.